The maximum atomic E-state index is 13.3. The number of ether oxygens (including phenoxy) is 2. The fraction of sp³-hybridized carbons (Fsp3) is 0.500. The van der Waals surface area contributed by atoms with E-state index in [0.717, 1.165) is 38.2 Å². The number of carbonyl (C=O) groups is 1. The zero-order valence-electron chi connectivity index (χ0n) is 16.8. The Morgan fingerprint density at radius 2 is 1.90 bits per heavy atom. The van der Waals surface area contributed by atoms with Crippen molar-refractivity contribution in [2.45, 2.75) is 38.6 Å². The van der Waals surface area contributed by atoms with E-state index in [0.29, 0.717) is 30.5 Å². The van der Waals surface area contributed by atoms with Crippen molar-refractivity contribution < 1.29 is 14.3 Å². The van der Waals surface area contributed by atoms with Crippen LogP contribution in [-0.4, -0.2) is 65.9 Å². The van der Waals surface area contributed by atoms with Gasteiger partial charge in [-0.3, -0.25) is 9.69 Å². The fourth-order valence-electron chi connectivity index (χ4n) is 4.10. The number of likely N-dealkylation sites (tertiary alicyclic amines) is 1. The molecule has 6 nitrogen and oxygen atoms in total. The number of hydrogen-bond acceptors (Lipinski definition) is 4. The van der Waals surface area contributed by atoms with E-state index in [-0.39, 0.29) is 18.2 Å². The normalized spacial score (nSPS) is 19.0. The number of benzene rings is 1. The summed E-state index contributed by atoms with van der Waals surface area (Å²) in [6.45, 7) is 6.33. The zero-order chi connectivity index (χ0) is 20.2. The largest absolute Gasteiger partial charge is 0.353 e. The molecule has 4 rings (SSSR count). The summed E-state index contributed by atoms with van der Waals surface area (Å²) >= 11 is 6.17. The van der Waals surface area contributed by atoms with Gasteiger partial charge in [0.1, 0.15) is 5.69 Å². The molecule has 1 amide bonds. The Labute approximate surface area is 176 Å². The molecule has 156 valence electrons. The molecule has 1 aromatic carbocycles. The van der Waals surface area contributed by atoms with Gasteiger partial charge >= 0.3 is 0 Å². The summed E-state index contributed by atoms with van der Waals surface area (Å²) in [5.74, 6) is -0.0411. The highest BCUT2D eigenvalue weighted by Crippen LogP contribution is 2.24. The molecule has 3 heterocycles. The molecule has 2 aliphatic rings. The fourth-order valence-corrected chi connectivity index (χ4v) is 4.26. The molecular weight excluding hydrogens is 390 g/mol. The summed E-state index contributed by atoms with van der Waals surface area (Å²) in [7, 11) is 0. The Morgan fingerprint density at radius 1 is 1.21 bits per heavy atom. The lowest BCUT2D eigenvalue weighted by molar-refractivity contribution is -0.0659. The van der Waals surface area contributed by atoms with Crippen LogP contribution in [0.2, 0.25) is 5.02 Å². The van der Waals surface area contributed by atoms with Gasteiger partial charge in [-0.15, -0.1) is 0 Å². The Hall–Kier alpha value is -1.86. The highest BCUT2D eigenvalue weighted by molar-refractivity contribution is 6.31. The van der Waals surface area contributed by atoms with Gasteiger partial charge in [-0.25, -0.2) is 0 Å². The molecule has 2 fully saturated rings. The summed E-state index contributed by atoms with van der Waals surface area (Å²) in [5, 5.41) is 0.583. The van der Waals surface area contributed by atoms with E-state index in [9.17, 15) is 4.79 Å². The highest BCUT2D eigenvalue weighted by Gasteiger charge is 2.32. The first-order valence-corrected chi connectivity index (χ1v) is 10.6. The van der Waals surface area contributed by atoms with Crippen molar-refractivity contribution in [1.82, 2.24) is 14.8 Å². The van der Waals surface area contributed by atoms with Crippen LogP contribution < -0.4 is 0 Å². The van der Waals surface area contributed by atoms with E-state index in [4.69, 9.17) is 21.1 Å². The van der Waals surface area contributed by atoms with E-state index in [2.05, 4.69) is 34.1 Å². The minimum atomic E-state index is -0.354. The van der Waals surface area contributed by atoms with Crippen molar-refractivity contribution >= 4 is 17.5 Å². The number of piperidine rings is 1. The van der Waals surface area contributed by atoms with Gasteiger partial charge in [0.2, 0.25) is 0 Å². The number of nitrogens with zero attached hydrogens (tertiary/aromatic N) is 2. The second kappa shape index (κ2) is 9.30. The highest BCUT2D eigenvalue weighted by atomic mass is 35.5. The maximum Gasteiger partial charge on any atom is 0.270 e. The first-order valence-electron chi connectivity index (χ1n) is 10.3. The topological polar surface area (TPSA) is 57.8 Å². The molecular formula is C22H28ClN3O3. The number of aromatic nitrogens is 1. The van der Waals surface area contributed by atoms with Gasteiger partial charge in [-0.2, -0.15) is 0 Å². The lowest BCUT2D eigenvalue weighted by Crippen LogP contribution is -2.50. The second-order valence-corrected chi connectivity index (χ2v) is 8.18. The average Bonchev–Trinajstić information content (AvgIpc) is 3.37. The van der Waals surface area contributed by atoms with E-state index >= 15 is 0 Å². The Kier molecular flexibility index (Phi) is 6.55. The zero-order valence-corrected chi connectivity index (χ0v) is 17.5. The number of aryl methyl sites for hydroxylation is 1. The van der Waals surface area contributed by atoms with Crippen LogP contribution in [0.5, 0.6) is 0 Å². The smallest absolute Gasteiger partial charge is 0.270 e. The van der Waals surface area contributed by atoms with Gasteiger partial charge in [-0.1, -0.05) is 41.9 Å². The number of nitrogens with one attached hydrogen (secondary N) is 1. The number of halogens is 1. The van der Waals surface area contributed by atoms with E-state index in [1.54, 1.807) is 6.07 Å². The summed E-state index contributed by atoms with van der Waals surface area (Å²) in [6, 6.07) is 12.4. The van der Waals surface area contributed by atoms with E-state index in [1.165, 1.54) is 5.56 Å². The lowest BCUT2D eigenvalue weighted by atomic mass is 10.0. The average molecular weight is 418 g/mol. The number of amides is 1. The maximum absolute atomic E-state index is 13.3. The third-order valence-electron chi connectivity index (χ3n) is 5.73. The molecule has 0 saturated carbocycles. The Balaban J connectivity index is 1.42. The van der Waals surface area contributed by atoms with Crippen LogP contribution in [0.15, 0.2) is 36.4 Å². The molecule has 0 spiro atoms. The molecule has 2 saturated heterocycles. The van der Waals surface area contributed by atoms with E-state index in [1.807, 2.05) is 17.9 Å². The van der Waals surface area contributed by atoms with Crippen molar-refractivity contribution in [3.8, 4) is 0 Å². The first-order chi connectivity index (χ1) is 14.1. The van der Waals surface area contributed by atoms with Crippen molar-refractivity contribution in [1.29, 1.82) is 0 Å². The van der Waals surface area contributed by atoms with Crippen molar-refractivity contribution in [3.63, 3.8) is 0 Å². The summed E-state index contributed by atoms with van der Waals surface area (Å²) in [5.41, 5.74) is 2.65. The number of hydrogen-bond donors (Lipinski definition) is 1. The molecule has 2 aliphatic heterocycles. The van der Waals surface area contributed by atoms with Gasteiger partial charge in [0.15, 0.2) is 6.29 Å². The molecule has 1 N–H and O–H groups in total. The summed E-state index contributed by atoms with van der Waals surface area (Å²) < 4.78 is 11.3. The van der Waals surface area contributed by atoms with Gasteiger partial charge in [-0.05, 0) is 31.4 Å². The minimum absolute atomic E-state index is 0.0411. The Morgan fingerprint density at radius 3 is 2.52 bits per heavy atom. The van der Waals surface area contributed by atoms with Crippen molar-refractivity contribution in [2.75, 3.05) is 32.8 Å². The lowest BCUT2D eigenvalue weighted by Gasteiger charge is -2.39. The van der Waals surface area contributed by atoms with Crippen LogP contribution >= 0.6 is 11.6 Å². The van der Waals surface area contributed by atoms with E-state index < -0.39 is 0 Å². The molecule has 1 aromatic heterocycles. The summed E-state index contributed by atoms with van der Waals surface area (Å²) in [4.78, 5) is 20.8. The van der Waals surface area contributed by atoms with Gasteiger partial charge < -0.3 is 19.4 Å². The van der Waals surface area contributed by atoms with Crippen molar-refractivity contribution in [3.05, 3.63) is 58.4 Å². The van der Waals surface area contributed by atoms with Gasteiger partial charge in [0, 0.05) is 31.4 Å². The second-order valence-electron chi connectivity index (χ2n) is 7.78. The number of H-pyrrole nitrogens is 1. The standard InChI is InChI=1S/C22H28ClN3O3/c1-16-19(23)13-20(24-16)22(27)26(15-21-28-11-12-29-21)18-7-9-25(10-8-18)14-17-5-3-2-4-6-17/h2-6,13,18,21,24H,7-12,14-15H2,1H3. The molecule has 2 aromatic rings. The summed E-state index contributed by atoms with van der Waals surface area (Å²) in [6.07, 6.45) is 1.50. The quantitative estimate of drug-likeness (QED) is 0.782. The molecule has 0 aliphatic carbocycles. The van der Waals surface area contributed by atoms with Crippen LogP contribution in [0.25, 0.3) is 0 Å². The van der Waals surface area contributed by atoms with Crippen LogP contribution in [-0.2, 0) is 16.0 Å². The van der Waals surface area contributed by atoms with Gasteiger partial charge in [0.05, 0.1) is 24.8 Å². The molecule has 0 unspecified atom stereocenters. The first kappa shape index (κ1) is 20.4. The predicted octanol–water partition coefficient (Wildman–Crippen LogP) is 3.46. The van der Waals surface area contributed by atoms with Crippen molar-refractivity contribution in [2.24, 2.45) is 0 Å². The molecule has 0 radical (unpaired) electrons. The predicted molar refractivity (Wildman–Crippen MR) is 112 cm³/mol. The third kappa shape index (κ3) is 5.01. The third-order valence-corrected chi connectivity index (χ3v) is 6.12. The molecule has 0 bridgehead atoms. The van der Waals surface area contributed by atoms with Gasteiger partial charge in [0.25, 0.3) is 5.91 Å². The van der Waals surface area contributed by atoms with Crippen LogP contribution in [0, 0.1) is 6.92 Å². The van der Waals surface area contributed by atoms with Crippen LogP contribution in [0.3, 0.4) is 0 Å². The number of rotatable bonds is 6. The molecule has 7 heteroatoms. The SMILES string of the molecule is Cc1[nH]c(C(=O)N(CC2OCCO2)C2CCN(Cc3ccccc3)CC2)cc1Cl. The monoisotopic (exact) mass is 417 g/mol. The molecule has 0 atom stereocenters. The Bertz CT molecular complexity index is 792. The minimum Gasteiger partial charge on any atom is -0.353 e. The molecule has 29 heavy (non-hydrogen) atoms. The number of carbonyl (C=O) groups excluding carboxylic acids is 1. The van der Waals surface area contributed by atoms with Crippen LogP contribution in [0.4, 0.5) is 0 Å². The van der Waals surface area contributed by atoms with Crippen LogP contribution in [0.1, 0.15) is 34.6 Å². The number of aromatic amines is 1.